The standard InChI is InChI=1S/C14H11N3O4/c18-14(19)11-4-2-5-12(8-11)16-15-9-10-3-1-6-13(7-10)17(20)21/h1-9,16H,(H,18,19)/b15-9+. The number of nitrogens with zero attached hydrogens (tertiary/aromatic N) is 2. The number of hydrazone groups is 1. The van der Waals surface area contributed by atoms with Crippen molar-refractivity contribution in [1.29, 1.82) is 0 Å². The van der Waals surface area contributed by atoms with Gasteiger partial charge in [-0.3, -0.25) is 15.5 Å². The zero-order valence-corrected chi connectivity index (χ0v) is 10.8. The molecular formula is C14H11N3O4. The first-order chi connectivity index (χ1) is 10.1. The average molecular weight is 285 g/mol. The summed E-state index contributed by atoms with van der Waals surface area (Å²) >= 11 is 0. The Morgan fingerprint density at radius 3 is 2.71 bits per heavy atom. The summed E-state index contributed by atoms with van der Waals surface area (Å²) in [6.07, 6.45) is 1.42. The van der Waals surface area contributed by atoms with Crippen LogP contribution in [0.4, 0.5) is 11.4 Å². The zero-order chi connectivity index (χ0) is 15.2. The molecule has 0 amide bonds. The fraction of sp³-hybridized carbons (Fsp3) is 0. The molecule has 0 heterocycles. The van der Waals surface area contributed by atoms with E-state index in [0.29, 0.717) is 11.3 Å². The molecule has 0 unspecified atom stereocenters. The van der Waals surface area contributed by atoms with Crippen molar-refractivity contribution in [2.45, 2.75) is 0 Å². The molecule has 0 atom stereocenters. The highest BCUT2D eigenvalue weighted by Gasteiger charge is 2.04. The highest BCUT2D eigenvalue weighted by atomic mass is 16.6. The lowest BCUT2D eigenvalue weighted by Crippen LogP contribution is -1.97. The molecule has 0 aliphatic rings. The van der Waals surface area contributed by atoms with Crippen LogP contribution >= 0.6 is 0 Å². The Hall–Kier alpha value is -3.22. The molecule has 2 aromatic carbocycles. The first-order valence-electron chi connectivity index (χ1n) is 5.93. The molecule has 0 aromatic heterocycles. The number of nitrogens with one attached hydrogen (secondary N) is 1. The number of rotatable bonds is 5. The maximum Gasteiger partial charge on any atom is 0.335 e. The number of benzene rings is 2. The smallest absolute Gasteiger partial charge is 0.335 e. The van der Waals surface area contributed by atoms with Crippen molar-refractivity contribution in [2.24, 2.45) is 5.10 Å². The van der Waals surface area contributed by atoms with E-state index in [1.54, 1.807) is 24.3 Å². The lowest BCUT2D eigenvalue weighted by Gasteiger charge is -2.01. The molecule has 21 heavy (non-hydrogen) atoms. The first-order valence-corrected chi connectivity index (χ1v) is 5.93. The van der Waals surface area contributed by atoms with Crippen molar-refractivity contribution in [3.63, 3.8) is 0 Å². The number of carbonyl (C=O) groups is 1. The molecule has 0 radical (unpaired) electrons. The van der Waals surface area contributed by atoms with Gasteiger partial charge in [-0.2, -0.15) is 5.10 Å². The molecule has 0 fully saturated rings. The third kappa shape index (κ3) is 3.87. The van der Waals surface area contributed by atoms with Gasteiger partial charge in [0.2, 0.25) is 0 Å². The number of carboxylic acid groups (broad SMARTS) is 1. The summed E-state index contributed by atoms with van der Waals surface area (Å²) in [5, 5.41) is 23.4. The van der Waals surface area contributed by atoms with E-state index >= 15 is 0 Å². The van der Waals surface area contributed by atoms with Crippen LogP contribution in [-0.4, -0.2) is 22.2 Å². The van der Waals surface area contributed by atoms with Crippen LogP contribution in [0, 0.1) is 10.1 Å². The Labute approximate surface area is 119 Å². The fourth-order valence-electron chi connectivity index (χ4n) is 1.62. The Morgan fingerprint density at radius 1 is 1.24 bits per heavy atom. The number of nitro benzene ring substituents is 1. The second-order valence-electron chi connectivity index (χ2n) is 4.11. The molecule has 2 N–H and O–H groups in total. The molecule has 0 saturated carbocycles. The van der Waals surface area contributed by atoms with Crippen molar-refractivity contribution in [2.75, 3.05) is 5.43 Å². The average Bonchev–Trinajstić information content (AvgIpc) is 2.48. The predicted molar refractivity (Wildman–Crippen MR) is 77.7 cm³/mol. The molecule has 2 aromatic rings. The largest absolute Gasteiger partial charge is 0.478 e. The second kappa shape index (κ2) is 6.29. The number of carboxylic acids is 1. The zero-order valence-electron chi connectivity index (χ0n) is 10.8. The number of anilines is 1. The van der Waals surface area contributed by atoms with Gasteiger partial charge in [-0.25, -0.2) is 4.79 Å². The summed E-state index contributed by atoms with van der Waals surface area (Å²) in [7, 11) is 0. The van der Waals surface area contributed by atoms with Gasteiger partial charge in [-0.05, 0) is 18.2 Å². The van der Waals surface area contributed by atoms with Crippen LogP contribution in [0.3, 0.4) is 0 Å². The van der Waals surface area contributed by atoms with Gasteiger partial charge in [0, 0.05) is 17.7 Å². The van der Waals surface area contributed by atoms with E-state index < -0.39 is 10.9 Å². The van der Waals surface area contributed by atoms with Gasteiger partial charge < -0.3 is 5.11 Å². The summed E-state index contributed by atoms with van der Waals surface area (Å²) in [4.78, 5) is 21.0. The van der Waals surface area contributed by atoms with Crippen molar-refractivity contribution in [1.82, 2.24) is 0 Å². The normalized spacial score (nSPS) is 10.5. The van der Waals surface area contributed by atoms with Gasteiger partial charge in [-0.1, -0.05) is 18.2 Å². The van der Waals surface area contributed by atoms with Crippen LogP contribution in [-0.2, 0) is 0 Å². The van der Waals surface area contributed by atoms with Gasteiger partial charge in [-0.15, -0.1) is 0 Å². The van der Waals surface area contributed by atoms with Crippen molar-refractivity contribution >= 4 is 23.6 Å². The fourth-order valence-corrected chi connectivity index (χ4v) is 1.62. The number of nitro groups is 1. The van der Waals surface area contributed by atoms with Crippen LogP contribution in [0.2, 0.25) is 0 Å². The molecular weight excluding hydrogens is 274 g/mol. The minimum Gasteiger partial charge on any atom is -0.478 e. The van der Waals surface area contributed by atoms with E-state index in [-0.39, 0.29) is 11.3 Å². The van der Waals surface area contributed by atoms with Crippen molar-refractivity contribution in [3.05, 3.63) is 69.8 Å². The number of non-ortho nitro benzene ring substituents is 1. The summed E-state index contributed by atoms with van der Waals surface area (Å²) in [5.41, 5.74) is 3.87. The topological polar surface area (TPSA) is 105 Å². The highest BCUT2D eigenvalue weighted by molar-refractivity contribution is 5.89. The molecule has 7 nitrogen and oxygen atoms in total. The third-order valence-electron chi connectivity index (χ3n) is 2.60. The maximum absolute atomic E-state index is 10.8. The minimum absolute atomic E-state index is 0.0215. The van der Waals surface area contributed by atoms with Crippen LogP contribution in [0.1, 0.15) is 15.9 Å². The number of aromatic carboxylic acids is 1. The number of hydrogen-bond donors (Lipinski definition) is 2. The first kappa shape index (κ1) is 14.2. The third-order valence-corrected chi connectivity index (χ3v) is 2.60. The second-order valence-corrected chi connectivity index (χ2v) is 4.11. The molecule has 0 spiro atoms. The molecule has 7 heteroatoms. The molecule has 0 saturated heterocycles. The SMILES string of the molecule is O=C(O)c1cccc(N/N=C/c2cccc([N+](=O)[O-])c2)c1. The summed E-state index contributed by atoms with van der Waals surface area (Å²) in [6.45, 7) is 0. The minimum atomic E-state index is -1.03. The monoisotopic (exact) mass is 285 g/mol. The van der Waals surface area contributed by atoms with Gasteiger partial charge >= 0.3 is 5.97 Å². The van der Waals surface area contributed by atoms with E-state index in [0.717, 1.165) is 0 Å². The van der Waals surface area contributed by atoms with E-state index in [9.17, 15) is 14.9 Å². The summed E-state index contributed by atoms with van der Waals surface area (Å²) in [6, 6.07) is 12.2. The van der Waals surface area contributed by atoms with E-state index in [1.165, 1.54) is 30.5 Å². The predicted octanol–water partition coefficient (Wildman–Crippen LogP) is 2.74. The number of hydrogen-bond acceptors (Lipinski definition) is 5. The van der Waals surface area contributed by atoms with E-state index in [4.69, 9.17) is 5.11 Å². The van der Waals surface area contributed by atoms with Gasteiger partial charge in [0.25, 0.3) is 5.69 Å². The van der Waals surface area contributed by atoms with Gasteiger partial charge in [0.05, 0.1) is 22.4 Å². The maximum atomic E-state index is 10.8. The summed E-state index contributed by atoms with van der Waals surface area (Å²) in [5.74, 6) is -1.03. The van der Waals surface area contributed by atoms with E-state index in [2.05, 4.69) is 10.5 Å². The van der Waals surface area contributed by atoms with Crippen LogP contribution in [0.25, 0.3) is 0 Å². The lowest BCUT2D eigenvalue weighted by molar-refractivity contribution is -0.384. The van der Waals surface area contributed by atoms with Gasteiger partial charge in [0.15, 0.2) is 0 Å². The Morgan fingerprint density at radius 2 is 2.00 bits per heavy atom. The van der Waals surface area contributed by atoms with Crippen molar-refractivity contribution < 1.29 is 14.8 Å². The summed E-state index contributed by atoms with van der Waals surface area (Å²) < 4.78 is 0. The van der Waals surface area contributed by atoms with Crippen molar-refractivity contribution in [3.8, 4) is 0 Å². The molecule has 2 rings (SSSR count). The Kier molecular flexibility index (Phi) is 4.25. The Bertz CT molecular complexity index is 713. The van der Waals surface area contributed by atoms with E-state index in [1.807, 2.05) is 0 Å². The van der Waals surface area contributed by atoms with Crippen LogP contribution in [0.15, 0.2) is 53.6 Å². The Balaban J connectivity index is 2.09. The van der Waals surface area contributed by atoms with Gasteiger partial charge in [0.1, 0.15) is 0 Å². The highest BCUT2D eigenvalue weighted by Crippen LogP contribution is 2.13. The molecule has 0 bridgehead atoms. The molecule has 106 valence electrons. The molecule has 0 aliphatic heterocycles. The van der Waals surface area contributed by atoms with Crippen LogP contribution in [0.5, 0.6) is 0 Å². The van der Waals surface area contributed by atoms with Crippen LogP contribution < -0.4 is 5.43 Å². The lowest BCUT2D eigenvalue weighted by atomic mass is 10.2. The molecule has 0 aliphatic carbocycles. The quantitative estimate of drug-likeness (QED) is 0.499.